The molecule has 3 rings (SSSR count). The predicted molar refractivity (Wildman–Crippen MR) is 72.4 cm³/mol. The van der Waals surface area contributed by atoms with E-state index in [2.05, 4.69) is 6.07 Å². The Labute approximate surface area is 116 Å². The largest absolute Gasteiger partial charge is 0.490 e. The molecule has 0 spiro atoms. The van der Waals surface area contributed by atoms with E-state index in [-0.39, 0.29) is 6.61 Å². The second-order valence-corrected chi connectivity index (χ2v) is 4.58. The second kappa shape index (κ2) is 5.24. The molecule has 1 aliphatic rings. The van der Waals surface area contributed by atoms with Gasteiger partial charge in [0.2, 0.25) is 0 Å². The number of fused-ring (bicyclic) bond motifs is 1. The summed E-state index contributed by atoms with van der Waals surface area (Å²) in [7, 11) is 0. The molecule has 1 atom stereocenters. The molecule has 0 saturated heterocycles. The molecule has 0 aliphatic carbocycles. The molecule has 1 unspecified atom stereocenters. The van der Waals surface area contributed by atoms with Crippen LogP contribution in [0.1, 0.15) is 22.8 Å². The Morgan fingerprint density at radius 1 is 1.30 bits per heavy atom. The van der Waals surface area contributed by atoms with Gasteiger partial charge in [0.1, 0.15) is 30.8 Å². The molecule has 20 heavy (non-hydrogen) atoms. The molecule has 2 aromatic carbocycles. The zero-order valence-electron chi connectivity index (χ0n) is 10.7. The molecule has 0 amide bonds. The number of nitriles is 1. The second-order valence-electron chi connectivity index (χ2n) is 4.58. The smallest absolute Gasteiger partial charge is 0.129 e. The molecule has 0 fully saturated rings. The van der Waals surface area contributed by atoms with Gasteiger partial charge in [-0.3, -0.25) is 0 Å². The van der Waals surface area contributed by atoms with Gasteiger partial charge in [-0.05, 0) is 18.2 Å². The van der Waals surface area contributed by atoms with Crippen LogP contribution in [0.4, 0.5) is 0 Å². The molecule has 0 saturated carbocycles. The lowest BCUT2D eigenvalue weighted by molar-refractivity contribution is 0.140. The van der Waals surface area contributed by atoms with Crippen molar-refractivity contribution in [3.63, 3.8) is 0 Å². The van der Waals surface area contributed by atoms with Crippen LogP contribution in [0.5, 0.6) is 11.5 Å². The maximum Gasteiger partial charge on any atom is 0.129 e. The van der Waals surface area contributed by atoms with Gasteiger partial charge in [-0.1, -0.05) is 18.2 Å². The summed E-state index contributed by atoms with van der Waals surface area (Å²) in [6.07, 6.45) is -0.557. The van der Waals surface area contributed by atoms with Crippen LogP contribution in [0.3, 0.4) is 0 Å². The number of ether oxygens (including phenoxy) is 2. The van der Waals surface area contributed by atoms with Gasteiger partial charge >= 0.3 is 0 Å². The molecular weight excluding hydrogens is 254 g/mol. The fraction of sp³-hybridized carbons (Fsp3) is 0.188. The van der Waals surface area contributed by atoms with Crippen LogP contribution in [0.2, 0.25) is 0 Å². The summed E-state index contributed by atoms with van der Waals surface area (Å²) in [5.74, 6) is 1.31. The number of benzene rings is 2. The van der Waals surface area contributed by atoms with E-state index in [0.717, 1.165) is 11.1 Å². The van der Waals surface area contributed by atoms with Crippen molar-refractivity contribution in [2.24, 2.45) is 0 Å². The molecule has 100 valence electrons. The van der Waals surface area contributed by atoms with E-state index in [4.69, 9.17) is 14.7 Å². The third-order valence-electron chi connectivity index (χ3n) is 3.27. The van der Waals surface area contributed by atoms with Crippen LogP contribution >= 0.6 is 0 Å². The van der Waals surface area contributed by atoms with Crippen molar-refractivity contribution in [1.82, 2.24) is 0 Å². The highest BCUT2D eigenvalue weighted by molar-refractivity contribution is 5.44. The lowest BCUT2D eigenvalue weighted by Gasteiger charge is -2.09. The molecule has 0 bridgehead atoms. The first-order valence-corrected chi connectivity index (χ1v) is 6.33. The maximum absolute atomic E-state index is 9.65. The molecule has 1 N–H and O–H groups in total. The molecular formula is C16H13NO3. The number of hydrogen-bond donors (Lipinski definition) is 1. The predicted octanol–water partition coefficient (Wildman–Crippen LogP) is 2.56. The van der Waals surface area contributed by atoms with Gasteiger partial charge in [0.15, 0.2) is 0 Å². The molecule has 0 aromatic heterocycles. The Hall–Kier alpha value is -2.51. The summed E-state index contributed by atoms with van der Waals surface area (Å²) in [6.45, 7) is 0.612. The number of hydrogen-bond acceptors (Lipinski definition) is 4. The van der Waals surface area contributed by atoms with E-state index >= 15 is 0 Å². The zero-order chi connectivity index (χ0) is 13.9. The quantitative estimate of drug-likeness (QED) is 0.928. The molecule has 1 aliphatic heterocycles. The first kappa shape index (κ1) is 12.5. The molecule has 1 heterocycles. The first-order chi connectivity index (χ1) is 9.78. The monoisotopic (exact) mass is 267 g/mol. The lowest BCUT2D eigenvalue weighted by atomic mass is 10.1. The van der Waals surface area contributed by atoms with E-state index < -0.39 is 6.10 Å². The highest BCUT2D eigenvalue weighted by Gasteiger charge is 2.22. The third kappa shape index (κ3) is 2.31. The Kier molecular flexibility index (Phi) is 3.28. The van der Waals surface area contributed by atoms with Gasteiger partial charge in [-0.25, -0.2) is 0 Å². The summed E-state index contributed by atoms with van der Waals surface area (Å²) in [5, 5.41) is 18.7. The number of aliphatic hydroxyl groups excluding tert-OH is 1. The highest BCUT2D eigenvalue weighted by atomic mass is 16.5. The average Bonchev–Trinajstić information content (AvgIpc) is 2.86. The summed E-state index contributed by atoms with van der Waals surface area (Å²) < 4.78 is 11.0. The van der Waals surface area contributed by atoms with Gasteiger partial charge in [0.05, 0.1) is 11.6 Å². The van der Waals surface area contributed by atoms with Crippen molar-refractivity contribution in [1.29, 1.82) is 5.26 Å². The molecule has 4 heteroatoms. The van der Waals surface area contributed by atoms with Crippen molar-refractivity contribution in [3.8, 4) is 17.6 Å². The molecule has 0 radical (unpaired) electrons. The van der Waals surface area contributed by atoms with Crippen molar-refractivity contribution < 1.29 is 14.6 Å². The van der Waals surface area contributed by atoms with Gasteiger partial charge in [0, 0.05) is 17.2 Å². The first-order valence-electron chi connectivity index (χ1n) is 6.33. The maximum atomic E-state index is 9.65. The van der Waals surface area contributed by atoms with Gasteiger partial charge in [0.25, 0.3) is 0 Å². The SMILES string of the molecule is N#Cc1ccccc1COc1ccc2c(c1)OCC2O. The topological polar surface area (TPSA) is 62.5 Å². The minimum absolute atomic E-state index is 0.288. The summed E-state index contributed by atoms with van der Waals surface area (Å²) in [6, 6.07) is 14.8. The standard InChI is InChI=1S/C16H13NO3/c17-8-11-3-1-2-4-12(11)9-19-13-5-6-14-15(18)10-20-16(14)7-13/h1-7,15,18H,9-10H2. The van der Waals surface area contributed by atoms with Crippen molar-refractivity contribution in [2.45, 2.75) is 12.7 Å². The highest BCUT2D eigenvalue weighted by Crippen LogP contribution is 2.35. The third-order valence-corrected chi connectivity index (χ3v) is 3.27. The van der Waals surface area contributed by atoms with E-state index in [1.807, 2.05) is 18.2 Å². The van der Waals surface area contributed by atoms with Crippen molar-refractivity contribution in [3.05, 3.63) is 59.2 Å². The van der Waals surface area contributed by atoms with Gasteiger partial charge in [-0.2, -0.15) is 5.26 Å². The van der Waals surface area contributed by atoms with E-state index in [1.165, 1.54) is 0 Å². The van der Waals surface area contributed by atoms with Crippen LogP contribution < -0.4 is 9.47 Å². The van der Waals surface area contributed by atoms with Crippen molar-refractivity contribution >= 4 is 0 Å². The Bertz CT molecular complexity index is 676. The van der Waals surface area contributed by atoms with Crippen LogP contribution in [0.25, 0.3) is 0 Å². The summed E-state index contributed by atoms with van der Waals surface area (Å²) in [4.78, 5) is 0. The van der Waals surface area contributed by atoms with E-state index in [0.29, 0.717) is 23.7 Å². The van der Waals surface area contributed by atoms with E-state index in [9.17, 15) is 5.11 Å². The Balaban J connectivity index is 1.75. The Morgan fingerprint density at radius 3 is 3.00 bits per heavy atom. The van der Waals surface area contributed by atoms with Gasteiger partial charge < -0.3 is 14.6 Å². The fourth-order valence-corrected chi connectivity index (χ4v) is 2.18. The zero-order valence-corrected chi connectivity index (χ0v) is 10.7. The molecule has 4 nitrogen and oxygen atoms in total. The average molecular weight is 267 g/mol. The normalized spacial score (nSPS) is 16.1. The Morgan fingerprint density at radius 2 is 2.15 bits per heavy atom. The van der Waals surface area contributed by atoms with Crippen LogP contribution in [-0.4, -0.2) is 11.7 Å². The van der Waals surface area contributed by atoms with Gasteiger partial charge in [-0.15, -0.1) is 0 Å². The van der Waals surface area contributed by atoms with E-state index in [1.54, 1.807) is 24.3 Å². The minimum atomic E-state index is -0.557. The lowest BCUT2D eigenvalue weighted by Crippen LogP contribution is -1.98. The van der Waals surface area contributed by atoms with Crippen LogP contribution in [0, 0.1) is 11.3 Å². The number of aliphatic hydroxyl groups is 1. The van der Waals surface area contributed by atoms with Crippen molar-refractivity contribution in [2.75, 3.05) is 6.61 Å². The molecule has 2 aromatic rings. The van der Waals surface area contributed by atoms with Crippen LogP contribution in [-0.2, 0) is 6.61 Å². The minimum Gasteiger partial charge on any atom is -0.490 e. The number of nitrogens with zero attached hydrogens (tertiary/aromatic N) is 1. The number of rotatable bonds is 3. The summed E-state index contributed by atoms with van der Waals surface area (Å²) >= 11 is 0. The fourth-order valence-electron chi connectivity index (χ4n) is 2.18. The van der Waals surface area contributed by atoms with Crippen LogP contribution in [0.15, 0.2) is 42.5 Å². The summed E-state index contributed by atoms with van der Waals surface area (Å²) in [5.41, 5.74) is 2.24.